The van der Waals surface area contributed by atoms with Crippen molar-refractivity contribution < 1.29 is 19.4 Å². The Balaban J connectivity index is 3.53. The van der Waals surface area contributed by atoms with E-state index < -0.39 is 5.97 Å². The van der Waals surface area contributed by atoms with Crippen LogP contribution in [-0.4, -0.2) is 23.7 Å². The van der Waals surface area contributed by atoms with E-state index in [1.807, 2.05) is 0 Å². The summed E-state index contributed by atoms with van der Waals surface area (Å²) in [5.74, 6) is 1.05. The topological polar surface area (TPSA) is 63.6 Å². The van der Waals surface area contributed by atoms with Gasteiger partial charge in [0.1, 0.15) is 0 Å². The summed E-state index contributed by atoms with van der Waals surface area (Å²) < 4.78 is 5.17. The van der Waals surface area contributed by atoms with Crippen LogP contribution in [0.1, 0.15) is 91.9 Å². The Morgan fingerprint density at radius 1 is 0.792 bits per heavy atom. The number of rotatable bonds is 15. The molecule has 0 saturated carbocycles. The average molecular weight is 343 g/mol. The normalized spacial score (nSPS) is 13.7. The van der Waals surface area contributed by atoms with Gasteiger partial charge >= 0.3 is 11.9 Å². The van der Waals surface area contributed by atoms with E-state index in [4.69, 9.17) is 9.84 Å². The number of aliphatic carboxylic acids is 1. The summed E-state index contributed by atoms with van der Waals surface area (Å²) in [5.41, 5.74) is 0. The van der Waals surface area contributed by atoms with Crippen molar-refractivity contribution in [2.24, 2.45) is 17.8 Å². The van der Waals surface area contributed by atoms with Gasteiger partial charge in [-0.05, 0) is 30.6 Å². The van der Waals surface area contributed by atoms with Crippen molar-refractivity contribution in [2.45, 2.75) is 91.9 Å². The number of carboxylic acids is 1. The SMILES string of the molecule is CC(C)CCCC(C)CCCC(C)CCOC(=O)CCCC(=O)O. The molecule has 0 aliphatic carbocycles. The van der Waals surface area contributed by atoms with E-state index in [0.717, 1.165) is 18.3 Å². The van der Waals surface area contributed by atoms with Crippen molar-refractivity contribution in [1.82, 2.24) is 0 Å². The number of ether oxygens (including phenoxy) is 1. The molecule has 2 unspecified atom stereocenters. The van der Waals surface area contributed by atoms with Crippen LogP contribution in [0.4, 0.5) is 0 Å². The molecule has 2 atom stereocenters. The highest BCUT2D eigenvalue weighted by Crippen LogP contribution is 2.20. The van der Waals surface area contributed by atoms with Crippen molar-refractivity contribution in [3.05, 3.63) is 0 Å². The summed E-state index contributed by atoms with van der Waals surface area (Å²) in [6.07, 6.45) is 9.21. The van der Waals surface area contributed by atoms with Crippen LogP contribution in [0.25, 0.3) is 0 Å². The van der Waals surface area contributed by atoms with Crippen LogP contribution < -0.4 is 0 Å². The van der Waals surface area contributed by atoms with Crippen LogP contribution in [-0.2, 0) is 14.3 Å². The lowest BCUT2D eigenvalue weighted by Crippen LogP contribution is -2.09. The molecule has 142 valence electrons. The van der Waals surface area contributed by atoms with Crippen molar-refractivity contribution in [3.63, 3.8) is 0 Å². The maximum absolute atomic E-state index is 11.4. The van der Waals surface area contributed by atoms with Gasteiger partial charge in [-0.3, -0.25) is 9.59 Å². The Kier molecular flexibility index (Phi) is 13.7. The Morgan fingerprint density at radius 3 is 1.88 bits per heavy atom. The minimum Gasteiger partial charge on any atom is -0.481 e. The Morgan fingerprint density at radius 2 is 1.33 bits per heavy atom. The zero-order valence-electron chi connectivity index (χ0n) is 16.2. The molecule has 0 fully saturated rings. The van der Waals surface area contributed by atoms with Gasteiger partial charge in [0.05, 0.1) is 6.61 Å². The molecular weight excluding hydrogens is 304 g/mol. The lowest BCUT2D eigenvalue weighted by molar-refractivity contribution is -0.144. The standard InChI is InChI=1S/C20H38O4/c1-16(2)8-5-9-17(3)10-6-11-18(4)14-15-24-20(23)13-7-12-19(21)22/h16-18H,5-15H2,1-4H3,(H,21,22). The number of carbonyl (C=O) groups is 2. The van der Waals surface area contributed by atoms with Crippen molar-refractivity contribution >= 4 is 11.9 Å². The van der Waals surface area contributed by atoms with Crippen molar-refractivity contribution in [3.8, 4) is 0 Å². The summed E-state index contributed by atoms with van der Waals surface area (Å²) in [7, 11) is 0. The fourth-order valence-corrected chi connectivity index (χ4v) is 2.81. The fraction of sp³-hybridized carbons (Fsp3) is 0.900. The summed E-state index contributed by atoms with van der Waals surface area (Å²) in [6, 6.07) is 0. The zero-order chi connectivity index (χ0) is 18.4. The third kappa shape index (κ3) is 15.8. The van der Waals surface area contributed by atoms with Crippen LogP contribution in [0.3, 0.4) is 0 Å². The van der Waals surface area contributed by atoms with Crippen LogP contribution in [0.5, 0.6) is 0 Å². The largest absolute Gasteiger partial charge is 0.481 e. The molecular formula is C20H38O4. The van der Waals surface area contributed by atoms with E-state index in [1.165, 1.54) is 38.5 Å². The lowest BCUT2D eigenvalue weighted by Gasteiger charge is -2.15. The molecule has 0 aromatic rings. The molecule has 0 amide bonds. The van der Waals surface area contributed by atoms with Gasteiger partial charge in [0.2, 0.25) is 0 Å². The zero-order valence-corrected chi connectivity index (χ0v) is 16.2. The molecule has 0 aliphatic rings. The average Bonchev–Trinajstić information content (AvgIpc) is 2.46. The predicted molar refractivity (Wildman–Crippen MR) is 97.9 cm³/mol. The summed E-state index contributed by atoms with van der Waals surface area (Å²) in [5, 5.41) is 8.52. The Bertz CT molecular complexity index is 339. The highest BCUT2D eigenvalue weighted by molar-refractivity contribution is 5.71. The van der Waals surface area contributed by atoms with E-state index in [2.05, 4.69) is 27.7 Å². The van der Waals surface area contributed by atoms with Gasteiger partial charge in [0, 0.05) is 12.8 Å². The molecule has 0 aromatic carbocycles. The number of hydrogen-bond donors (Lipinski definition) is 1. The maximum Gasteiger partial charge on any atom is 0.305 e. The third-order valence-corrected chi connectivity index (χ3v) is 4.52. The molecule has 0 heterocycles. The van der Waals surface area contributed by atoms with Gasteiger partial charge in [0.25, 0.3) is 0 Å². The first-order valence-electron chi connectivity index (χ1n) is 9.68. The number of carbonyl (C=O) groups excluding carboxylic acids is 1. The van der Waals surface area contributed by atoms with Gasteiger partial charge in [-0.2, -0.15) is 0 Å². The first-order valence-corrected chi connectivity index (χ1v) is 9.68. The lowest BCUT2D eigenvalue weighted by atomic mass is 9.93. The molecule has 0 aromatic heterocycles. The summed E-state index contributed by atoms with van der Waals surface area (Å²) in [4.78, 5) is 21.8. The highest BCUT2D eigenvalue weighted by atomic mass is 16.5. The van der Waals surface area contributed by atoms with E-state index in [0.29, 0.717) is 18.9 Å². The molecule has 0 spiro atoms. The van der Waals surface area contributed by atoms with Gasteiger partial charge < -0.3 is 9.84 Å². The number of hydrogen-bond acceptors (Lipinski definition) is 3. The van der Waals surface area contributed by atoms with Crippen LogP contribution >= 0.6 is 0 Å². The molecule has 0 saturated heterocycles. The number of esters is 1. The molecule has 4 heteroatoms. The first-order chi connectivity index (χ1) is 11.3. The van der Waals surface area contributed by atoms with Crippen molar-refractivity contribution in [1.29, 1.82) is 0 Å². The summed E-state index contributed by atoms with van der Waals surface area (Å²) in [6.45, 7) is 9.58. The molecule has 0 bridgehead atoms. The molecule has 0 aliphatic heterocycles. The maximum atomic E-state index is 11.4. The highest BCUT2D eigenvalue weighted by Gasteiger charge is 2.09. The molecule has 24 heavy (non-hydrogen) atoms. The minimum absolute atomic E-state index is 0.0286. The molecule has 0 radical (unpaired) electrons. The van der Waals surface area contributed by atoms with Crippen LogP contribution in [0, 0.1) is 17.8 Å². The van der Waals surface area contributed by atoms with E-state index in [9.17, 15) is 9.59 Å². The van der Waals surface area contributed by atoms with Gasteiger partial charge in [-0.1, -0.05) is 66.2 Å². The van der Waals surface area contributed by atoms with Crippen molar-refractivity contribution in [2.75, 3.05) is 6.61 Å². The minimum atomic E-state index is -0.866. The van der Waals surface area contributed by atoms with Gasteiger partial charge in [-0.25, -0.2) is 0 Å². The van der Waals surface area contributed by atoms with Crippen LogP contribution in [0.2, 0.25) is 0 Å². The Hall–Kier alpha value is -1.06. The number of carboxylic acid groups (broad SMARTS) is 1. The predicted octanol–water partition coefficient (Wildman–Crippen LogP) is 5.44. The van der Waals surface area contributed by atoms with Gasteiger partial charge in [0.15, 0.2) is 0 Å². The Labute approximate surface area is 148 Å². The fourth-order valence-electron chi connectivity index (χ4n) is 2.81. The quantitative estimate of drug-likeness (QED) is 0.402. The smallest absolute Gasteiger partial charge is 0.305 e. The van der Waals surface area contributed by atoms with E-state index in [-0.39, 0.29) is 18.8 Å². The molecule has 0 rings (SSSR count). The van der Waals surface area contributed by atoms with E-state index >= 15 is 0 Å². The second-order valence-electron chi connectivity index (χ2n) is 7.72. The summed E-state index contributed by atoms with van der Waals surface area (Å²) >= 11 is 0. The first kappa shape index (κ1) is 22.9. The molecule has 4 nitrogen and oxygen atoms in total. The third-order valence-electron chi connectivity index (χ3n) is 4.52. The second-order valence-corrected chi connectivity index (χ2v) is 7.72. The van der Waals surface area contributed by atoms with E-state index in [1.54, 1.807) is 0 Å². The van der Waals surface area contributed by atoms with Gasteiger partial charge in [-0.15, -0.1) is 0 Å². The second kappa shape index (κ2) is 14.3. The monoisotopic (exact) mass is 342 g/mol. The molecule has 1 N–H and O–H groups in total. The van der Waals surface area contributed by atoms with Crippen LogP contribution in [0.15, 0.2) is 0 Å².